The first-order valence-electron chi connectivity index (χ1n) is 23.5. The van der Waals surface area contributed by atoms with Crippen LogP contribution in [0.15, 0.2) is 231 Å². The Hall–Kier alpha value is -8.78. The van der Waals surface area contributed by atoms with Gasteiger partial charge in [-0.1, -0.05) is 207 Å². The van der Waals surface area contributed by atoms with E-state index in [1.807, 2.05) is 30.3 Å². The molecule has 0 aliphatic carbocycles. The van der Waals surface area contributed by atoms with E-state index < -0.39 is 0 Å². The van der Waals surface area contributed by atoms with Gasteiger partial charge in [-0.3, -0.25) is 0 Å². The Bertz CT molecular complexity index is 4210. The summed E-state index contributed by atoms with van der Waals surface area (Å²) in [4.78, 5) is 0. The number of benzene rings is 13. The van der Waals surface area contributed by atoms with E-state index in [1.54, 1.807) is 0 Å². The van der Waals surface area contributed by atoms with E-state index in [9.17, 15) is 0 Å². The molecule has 318 valence electrons. The molecule has 0 fully saturated rings. The number of aryl methyl sites for hydroxylation is 1. The topological polar surface area (TPSA) is 26.0 Å². The fourth-order valence-electron chi connectivity index (χ4n) is 11.2. The van der Waals surface area contributed by atoms with Crippen molar-refractivity contribution in [2.45, 2.75) is 6.92 Å². The van der Waals surface area contributed by atoms with Crippen LogP contribution in [0.4, 0.5) is 5.69 Å². The summed E-state index contributed by atoms with van der Waals surface area (Å²) in [6.07, 6.45) is 4.10. The zero-order valence-electron chi connectivity index (χ0n) is 37.7. The number of rotatable bonds is 6. The summed E-state index contributed by atoms with van der Waals surface area (Å²) < 4.78 is 0. The lowest BCUT2D eigenvalue weighted by Crippen LogP contribution is -1.94. The molecule has 0 unspecified atom stereocenters. The van der Waals surface area contributed by atoms with Crippen molar-refractivity contribution in [3.63, 3.8) is 0 Å². The molecular formula is C67H45N. The Morgan fingerprint density at radius 2 is 0.750 bits per heavy atom. The molecule has 13 aromatic rings. The second kappa shape index (κ2) is 15.7. The first kappa shape index (κ1) is 39.6. The van der Waals surface area contributed by atoms with Gasteiger partial charge < -0.3 is 5.73 Å². The van der Waals surface area contributed by atoms with Crippen LogP contribution in [0.5, 0.6) is 0 Å². The second-order valence-corrected chi connectivity index (χ2v) is 18.3. The Morgan fingerprint density at radius 1 is 0.353 bits per heavy atom. The highest BCUT2D eigenvalue weighted by molar-refractivity contribution is 6.28. The van der Waals surface area contributed by atoms with Crippen LogP contribution >= 0.6 is 0 Å². The van der Waals surface area contributed by atoms with Crippen molar-refractivity contribution in [1.29, 1.82) is 0 Å². The smallest absolute Gasteiger partial charge is 0.0387 e. The summed E-state index contributed by atoms with van der Waals surface area (Å²) in [6.45, 7) is 6.74. The van der Waals surface area contributed by atoms with E-state index in [0.29, 0.717) is 0 Å². The zero-order valence-corrected chi connectivity index (χ0v) is 37.7. The average molecular weight is 864 g/mol. The average Bonchev–Trinajstić information content (AvgIpc) is 3.40. The molecule has 0 heterocycles. The maximum atomic E-state index is 6.26. The predicted octanol–water partition coefficient (Wildman–Crippen LogP) is 18.5. The second-order valence-electron chi connectivity index (χ2n) is 18.3. The van der Waals surface area contributed by atoms with E-state index >= 15 is 0 Å². The van der Waals surface area contributed by atoms with Gasteiger partial charge in [0.15, 0.2) is 0 Å². The molecule has 0 aliphatic rings. The zero-order chi connectivity index (χ0) is 45.5. The molecule has 1 nitrogen and oxygen atoms in total. The number of para-hydroxylation sites is 1. The van der Waals surface area contributed by atoms with Crippen LogP contribution in [0.2, 0.25) is 0 Å². The standard InChI is InChI=1S/C67H45N/c1-41(27-28-45-15-3-14-26-66(45)68)43-29-31-44(32-30-43)60-39-62(47-34-36-58-53-21-7-5-17-49(53)51-19-9-11-23-55(51)64(58)38-47)65-40-61(56-24-12-13-25-59(56)67(65)42(60)2)46-33-35-57-52-20-6-4-16-48(52)50-18-8-10-22-54(50)63(57)37-46/h3-40H,1,68H2,2H3/b28-27-. The van der Waals surface area contributed by atoms with Crippen molar-refractivity contribution in [1.82, 2.24) is 0 Å². The Morgan fingerprint density at radius 3 is 1.25 bits per heavy atom. The van der Waals surface area contributed by atoms with E-state index in [4.69, 9.17) is 5.73 Å². The first-order chi connectivity index (χ1) is 33.5. The molecular weight excluding hydrogens is 819 g/mol. The van der Waals surface area contributed by atoms with Crippen LogP contribution in [0.1, 0.15) is 16.7 Å². The maximum absolute atomic E-state index is 6.26. The van der Waals surface area contributed by atoms with Crippen LogP contribution in [0.3, 0.4) is 0 Å². The van der Waals surface area contributed by atoms with Gasteiger partial charge in [-0.25, -0.2) is 0 Å². The van der Waals surface area contributed by atoms with Crippen molar-refractivity contribution < 1.29 is 0 Å². The largest absolute Gasteiger partial charge is 0.398 e. The molecule has 13 rings (SSSR count). The highest BCUT2D eigenvalue weighted by Crippen LogP contribution is 2.47. The predicted molar refractivity (Wildman–Crippen MR) is 296 cm³/mol. The molecule has 0 atom stereocenters. The van der Waals surface area contributed by atoms with Gasteiger partial charge in [-0.15, -0.1) is 0 Å². The van der Waals surface area contributed by atoms with E-state index in [-0.39, 0.29) is 0 Å². The Kier molecular flexibility index (Phi) is 9.13. The Balaban J connectivity index is 1.06. The van der Waals surface area contributed by atoms with Gasteiger partial charge in [0.2, 0.25) is 0 Å². The molecule has 1 heteroatoms. The van der Waals surface area contributed by atoms with Crippen LogP contribution in [-0.4, -0.2) is 0 Å². The van der Waals surface area contributed by atoms with Crippen LogP contribution in [0.25, 0.3) is 131 Å². The molecule has 68 heavy (non-hydrogen) atoms. The molecule has 13 aromatic carbocycles. The molecule has 0 radical (unpaired) electrons. The molecule has 0 spiro atoms. The van der Waals surface area contributed by atoms with Crippen molar-refractivity contribution in [3.8, 4) is 33.4 Å². The third kappa shape index (κ3) is 6.24. The van der Waals surface area contributed by atoms with Gasteiger partial charge in [0, 0.05) is 5.69 Å². The summed E-state index contributed by atoms with van der Waals surface area (Å²) in [5.41, 5.74) is 18.5. The summed E-state index contributed by atoms with van der Waals surface area (Å²) >= 11 is 0. The number of nitrogens with two attached hydrogens (primary N) is 1. The highest BCUT2D eigenvalue weighted by Gasteiger charge is 2.20. The number of hydrogen-bond donors (Lipinski definition) is 1. The minimum absolute atomic E-state index is 0.752. The first-order valence-corrected chi connectivity index (χ1v) is 23.5. The highest BCUT2D eigenvalue weighted by atomic mass is 14.5. The number of allylic oxidation sites excluding steroid dienone is 2. The van der Waals surface area contributed by atoms with Crippen molar-refractivity contribution in [3.05, 3.63) is 248 Å². The minimum Gasteiger partial charge on any atom is -0.398 e. The van der Waals surface area contributed by atoms with Crippen molar-refractivity contribution in [2.24, 2.45) is 0 Å². The lowest BCUT2D eigenvalue weighted by atomic mass is 9.83. The molecule has 0 amide bonds. The SMILES string of the molecule is C=C(/C=C\c1ccccc1N)c1ccc(-c2cc(-c3ccc4c5ccccc5c5ccccc5c4c3)c3cc(-c4ccc5c6ccccc6c6ccccc6c5c4)c4ccccc4c3c2C)cc1. The monoisotopic (exact) mass is 863 g/mol. The quantitative estimate of drug-likeness (QED) is 0.101. The van der Waals surface area contributed by atoms with Gasteiger partial charge >= 0.3 is 0 Å². The molecule has 0 aliphatic heterocycles. The van der Waals surface area contributed by atoms with E-state index in [0.717, 1.165) is 28.0 Å². The lowest BCUT2D eigenvalue weighted by molar-refractivity contribution is 1.50. The van der Waals surface area contributed by atoms with E-state index in [1.165, 1.54) is 120 Å². The summed E-state index contributed by atoms with van der Waals surface area (Å²) in [5.74, 6) is 0. The van der Waals surface area contributed by atoms with Crippen molar-refractivity contribution >= 4 is 104 Å². The molecule has 0 aromatic heterocycles. The molecule has 2 N–H and O–H groups in total. The van der Waals surface area contributed by atoms with Gasteiger partial charge in [0.05, 0.1) is 0 Å². The fourth-order valence-corrected chi connectivity index (χ4v) is 11.2. The van der Waals surface area contributed by atoms with Crippen molar-refractivity contribution in [2.75, 3.05) is 5.73 Å². The Labute approximate surface area is 395 Å². The van der Waals surface area contributed by atoms with Gasteiger partial charge in [-0.2, -0.15) is 0 Å². The number of hydrogen-bond acceptors (Lipinski definition) is 1. The summed E-state index contributed by atoms with van der Waals surface area (Å²) in [5, 5.41) is 20.3. The fraction of sp³-hybridized carbons (Fsp3) is 0.0149. The number of fused-ring (bicyclic) bond motifs is 15. The van der Waals surface area contributed by atoms with E-state index in [2.05, 4.69) is 214 Å². The molecule has 0 bridgehead atoms. The van der Waals surface area contributed by atoms with Crippen LogP contribution in [0, 0.1) is 6.92 Å². The maximum Gasteiger partial charge on any atom is 0.0387 e. The molecule has 0 saturated carbocycles. The summed E-state index contributed by atoms with van der Waals surface area (Å²) in [6, 6.07) is 80.4. The minimum atomic E-state index is 0.752. The van der Waals surface area contributed by atoms with Crippen LogP contribution in [-0.2, 0) is 0 Å². The lowest BCUT2D eigenvalue weighted by Gasteiger charge is -2.20. The number of anilines is 1. The normalized spacial score (nSPS) is 12.0. The summed E-state index contributed by atoms with van der Waals surface area (Å²) in [7, 11) is 0. The molecule has 0 saturated heterocycles. The van der Waals surface area contributed by atoms with Gasteiger partial charge in [0.1, 0.15) is 0 Å². The van der Waals surface area contributed by atoms with Crippen LogP contribution < -0.4 is 5.73 Å². The van der Waals surface area contributed by atoms with Gasteiger partial charge in [-0.05, 0) is 179 Å². The third-order valence-electron chi connectivity index (χ3n) is 14.5. The third-order valence-corrected chi connectivity index (χ3v) is 14.5. The van der Waals surface area contributed by atoms with Gasteiger partial charge in [0.25, 0.3) is 0 Å². The number of nitrogen functional groups attached to an aromatic ring is 1.